The number of aromatic nitrogens is 1. The molecule has 140 valence electrons. The van der Waals surface area contributed by atoms with Crippen LogP contribution in [-0.4, -0.2) is 32.2 Å². The number of hydrogen-bond donors (Lipinski definition) is 1. The molecule has 1 heterocycles. The molecule has 0 bridgehead atoms. The minimum atomic E-state index is -0.356. The van der Waals surface area contributed by atoms with Gasteiger partial charge in [0.15, 0.2) is 0 Å². The van der Waals surface area contributed by atoms with E-state index in [4.69, 9.17) is 25.8 Å². The van der Waals surface area contributed by atoms with E-state index < -0.39 is 0 Å². The zero-order valence-electron chi connectivity index (χ0n) is 14.9. The van der Waals surface area contributed by atoms with Gasteiger partial charge in [0, 0.05) is 17.0 Å². The first-order valence-electron chi connectivity index (χ1n) is 7.88. The maximum Gasteiger partial charge on any atom is 0.275 e. The maximum atomic E-state index is 12.6. The van der Waals surface area contributed by atoms with Gasteiger partial charge >= 0.3 is 0 Å². The summed E-state index contributed by atoms with van der Waals surface area (Å²) >= 11 is 7.53. The van der Waals surface area contributed by atoms with Crippen LogP contribution in [-0.2, 0) is 0 Å². The molecule has 3 aromatic rings. The number of methoxy groups -OCH3 is 3. The molecule has 0 saturated carbocycles. The van der Waals surface area contributed by atoms with E-state index in [2.05, 4.69) is 10.3 Å². The van der Waals surface area contributed by atoms with Crippen molar-refractivity contribution < 1.29 is 19.0 Å². The molecule has 6 nitrogen and oxygen atoms in total. The Morgan fingerprint density at radius 3 is 2.37 bits per heavy atom. The molecular formula is C19H17ClN2O4S. The lowest BCUT2D eigenvalue weighted by Gasteiger charge is -2.12. The van der Waals surface area contributed by atoms with Crippen LogP contribution in [0.25, 0.3) is 10.6 Å². The summed E-state index contributed by atoms with van der Waals surface area (Å²) in [6.45, 7) is 0. The van der Waals surface area contributed by atoms with Gasteiger partial charge in [-0.2, -0.15) is 0 Å². The Morgan fingerprint density at radius 2 is 1.74 bits per heavy atom. The highest BCUT2D eigenvalue weighted by Gasteiger charge is 2.16. The topological polar surface area (TPSA) is 69.7 Å². The monoisotopic (exact) mass is 404 g/mol. The lowest BCUT2D eigenvalue weighted by atomic mass is 10.2. The number of carbonyl (C=O) groups excluding carboxylic acids is 1. The number of anilines is 1. The van der Waals surface area contributed by atoms with Crippen molar-refractivity contribution in [2.75, 3.05) is 26.6 Å². The van der Waals surface area contributed by atoms with Gasteiger partial charge in [-0.1, -0.05) is 11.6 Å². The largest absolute Gasteiger partial charge is 0.497 e. The highest BCUT2D eigenvalue weighted by atomic mass is 35.5. The van der Waals surface area contributed by atoms with E-state index in [1.807, 2.05) is 24.3 Å². The summed E-state index contributed by atoms with van der Waals surface area (Å²) in [4.78, 5) is 17.0. The third kappa shape index (κ3) is 4.15. The number of thiazole rings is 1. The fraction of sp³-hybridized carbons (Fsp3) is 0.158. The molecule has 1 amide bonds. The molecule has 0 aliphatic heterocycles. The van der Waals surface area contributed by atoms with Crippen molar-refractivity contribution in [2.45, 2.75) is 0 Å². The fourth-order valence-electron chi connectivity index (χ4n) is 2.39. The van der Waals surface area contributed by atoms with E-state index in [1.54, 1.807) is 24.6 Å². The van der Waals surface area contributed by atoms with Crippen LogP contribution in [0.3, 0.4) is 0 Å². The Balaban J connectivity index is 1.81. The SMILES string of the molecule is COc1ccc(-c2nc(C(=O)Nc3cc(Cl)c(OC)cc3OC)cs2)cc1. The fourth-order valence-corrected chi connectivity index (χ4v) is 3.44. The first-order valence-corrected chi connectivity index (χ1v) is 9.14. The predicted octanol–water partition coefficient (Wildman–Crippen LogP) is 4.74. The van der Waals surface area contributed by atoms with Crippen LogP contribution < -0.4 is 19.5 Å². The lowest BCUT2D eigenvalue weighted by Crippen LogP contribution is -2.13. The van der Waals surface area contributed by atoms with E-state index in [0.717, 1.165) is 16.3 Å². The molecule has 0 fully saturated rings. The molecule has 1 N–H and O–H groups in total. The normalized spacial score (nSPS) is 10.4. The number of halogens is 1. The summed E-state index contributed by atoms with van der Waals surface area (Å²) in [6.07, 6.45) is 0. The van der Waals surface area contributed by atoms with Crippen LogP contribution in [0.2, 0.25) is 5.02 Å². The van der Waals surface area contributed by atoms with Gasteiger partial charge in [-0.15, -0.1) is 11.3 Å². The van der Waals surface area contributed by atoms with Gasteiger partial charge in [0.25, 0.3) is 5.91 Å². The highest BCUT2D eigenvalue weighted by molar-refractivity contribution is 7.13. The molecule has 0 atom stereocenters. The number of rotatable bonds is 6. The van der Waals surface area contributed by atoms with Gasteiger partial charge in [-0.05, 0) is 30.3 Å². The Morgan fingerprint density at radius 1 is 1.04 bits per heavy atom. The van der Waals surface area contributed by atoms with E-state index in [0.29, 0.717) is 27.9 Å². The maximum absolute atomic E-state index is 12.6. The average molecular weight is 405 g/mol. The molecule has 0 spiro atoms. The highest BCUT2D eigenvalue weighted by Crippen LogP contribution is 2.36. The molecule has 2 aromatic carbocycles. The summed E-state index contributed by atoms with van der Waals surface area (Å²) in [6, 6.07) is 10.7. The van der Waals surface area contributed by atoms with Gasteiger partial charge in [0.05, 0.1) is 32.0 Å². The smallest absolute Gasteiger partial charge is 0.275 e. The molecule has 0 radical (unpaired) electrons. The van der Waals surface area contributed by atoms with Crippen LogP contribution in [0.1, 0.15) is 10.5 Å². The zero-order valence-corrected chi connectivity index (χ0v) is 16.5. The van der Waals surface area contributed by atoms with Crippen LogP contribution in [0.15, 0.2) is 41.8 Å². The molecular weight excluding hydrogens is 388 g/mol. The average Bonchev–Trinajstić information content (AvgIpc) is 3.18. The minimum absolute atomic E-state index is 0.305. The van der Waals surface area contributed by atoms with Crippen molar-refractivity contribution in [3.8, 4) is 27.8 Å². The molecule has 0 saturated heterocycles. The number of ether oxygens (including phenoxy) is 3. The Hall–Kier alpha value is -2.77. The summed E-state index contributed by atoms with van der Waals surface area (Å²) in [5, 5.41) is 5.58. The molecule has 8 heteroatoms. The van der Waals surface area contributed by atoms with Crippen LogP contribution >= 0.6 is 22.9 Å². The Labute approximate surface area is 165 Å². The number of hydrogen-bond acceptors (Lipinski definition) is 6. The van der Waals surface area contributed by atoms with Crippen molar-refractivity contribution in [1.29, 1.82) is 0 Å². The second-order valence-corrected chi connectivity index (χ2v) is 6.67. The summed E-state index contributed by atoms with van der Waals surface area (Å²) in [7, 11) is 4.62. The quantitative estimate of drug-likeness (QED) is 0.642. The van der Waals surface area contributed by atoms with Gasteiger partial charge < -0.3 is 19.5 Å². The molecule has 0 unspecified atom stereocenters. The third-order valence-electron chi connectivity index (χ3n) is 3.80. The van der Waals surface area contributed by atoms with Crippen molar-refractivity contribution >= 4 is 34.5 Å². The summed E-state index contributed by atoms with van der Waals surface area (Å²) < 4.78 is 15.6. The van der Waals surface area contributed by atoms with Crippen LogP contribution in [0.4, 0.5) is 5.69 Å². The van der Waals surface area contributed by atoms with Gasteiger partial charge in [-0.3, -0.25) is 4.79 Å². The number of carbonyl (C=O) groups is 1. The molecule has 3 rings (SSSR count). The molecule has 0 aliphatic carbocycles. The van der Waals surface area contributed by atoms with Crippen molar-refractivity contribution in [3.05, 3.63) is 52.5 Å². The van der Waals surface area contributed by atoms with Crippen molar-refractivity contribution in [1.82, 2.24) is 4.98 Å². The first-order chi connectivity index (χ1) is 13.0. The third-order valence-corrected chi connectivity index (χ3v) is 4.98. The minimum Gasteiger partial charge on any atom is -0.497 e. The summed E-state index contributed by atoms with van der Waals surface area (Å²) in [5.41, 5.74) is 1.65. The zero-order chi connectivity index (χ0) is 19.4. The van der Waals surface area contributed by atoms with E-state index in [9.17, 15) is 4.79 Å². The molecule has 0 aliphatic rings. The predicted molar refractivity (Wildman–Crippen MR) is 107 cm³/mol. The van der Waals surface area contributed by atoms with Gasteiger partial charge in [0.2, 0.25) is 0 Å². The van der Waals surface area contributed by atoms with Crippen LogP contribution in [0.5, 0.6) is 17.2 Å². The van der Waals surface area contributed by atoms with Gasteiger partial charge in [-0.25, -0.2) is 4.98 Å². The van der Waals surface area contributed by atoms with Crippen molar-refractivity contribution in [3.63, 3.8) is 0 Å². The van der Waals surface area contributed by atoms with E-state index in [-0.39, 0.29) is 5.91 Å². The van der Waals surface area contributed by atoms with Crippen LogP contribution in [0, 0.1) is 0 Å². The number of nitrogens with zero attached hydrogens (tertiary/aromatic N) is 1. The summed E-state index contributed by atoms with van der Waals surface area (Å²) in [5.74, 6) is 1.31. The second kappa shape index (κ2) is 8.28. The first kappa shape index (κ1) is 19.0. The second-order valence-electron chi connectivity index (χ2n) is 5.41. The van der Waals surface area contributed by atoms with Crippen molar-refractivity contribution in [2.24, 2.45) is 0 Å². The number of amides is 1. The number of nitrogens with one attached hydrogen (secondary N) is 1. The lowest BCUT2D eigenvalue weighted by molar-refractivity contribution is 0.102. The molecule has 27 heavy (non-hydrogen) atoms. The number of benzene rings is 2. The standard InChI is InChI=1S/C19H17ClN2O4S/c1-24-12-6-4-11(5-7-12)19-22-15(10-27-19)18(23)21-14-8-13(20)16(25-2)9-17(14)26-3/h4-10H,1-3H3,(H,21,23). The Bertz CT molecular complexity index is 957. The molecule has 1 aromatic heterocycles. The van der Waals surface area contributed by atoms with Gasteiger partial charge in [0.1, 0.15) is 28.0 Å². The van der Waals surface area contributed by atoms with E-state index >= 15 is 0 Å². The Kier molecular flexibility index (Phi) is 5.83. The van der Waals surface area contributed by atoms with E-state index in [1.165, 1.54) is 25.6 Å².